The van der Waals surface area contributed by atoms with Gasteiger partial charge in [0.05, 0.1) is 12.1 Å². The predicted molar refractivity (Wildman–Crippen MR) is 62.3 cm³/mol. The Hall–Kier alpha value is -1.59. The van der Waals surface area contributed by atoms with E-state index in [-0.39, 0.29) is 30.8 Å². The molecule has 2 atom stereocenters. The summed E-state index contributed by atoms with van der Waals surface area (Å²) in [5.41, 5.74) is 5.68. The Kier molecular flexibility index (Phi) is 5.45. The van der Waals surface area contributed by atoms with Crippen LogP contribution in [0.15, 0.2) is 0 Å². The van der Waals surface area contributed by atoms with Gasteiger partial charge in [0, 0.05) is 5.92 Å². The lowest BCUT2D eigenvalue weighted by atomic mass is 9.78. The Morgan fingerprint density at radius 1 is 1.24 bits per heavy atom. The molecule has 0 aromatic rings. The minimum atomic E-state index is -0.101. The van der Waals surface area contributed by atoms with Crippen molar-refractivity contribution >= 4 is 5.91 Å². The molecular formula is C12H18N4O. The molecular weight excluding hydrogens is 216 g/mol. The van der Waals surface area contributed by atoms with E-state index >= 15 is 0 Å². The molecule has 5 nitrogen and oxygen atoms in total. The third-order valence-electron chi connectivity index (χ3n) is 3.36. The van der Waals surface area contributed by atoms with Gasteiger partial charge in [-0.25, -0.2) is 0 Å². The Morgan fingerprint density at radius 3 is 2.35 bits per heavy atom. The summed E-state index contributed by atoms with van der Waals surface area (Å²) in [6, 6.07) is 3.86. The van der Waals surface area contributed by atoms with Crippen molar-refractivity contribution in [1.82, 2.24) is 4.90 Å². The molecule has 0 saturated heterocycles. The highest BCUT2D eigenvalue weighted by atomic mass is 16.2. The third-order valence-corrected chi connectivity index (χ3v) is 3.36. The lowest BCUT2D eigenvalue weighted by molar-refractivity contribution is -0.137. The molecule has 1 fully saturated rings. The molecule has 5 heteroatoms. The Balaban J connectivity index is 2.71. The third kappa shape index (κ3) is 3.44. The van der Waals surface area contributed by atoms with E-state index in [2.05, 4.69) is 0 Å². The van der Waals surface area contributed by atoms with Crippen LogP contribution in [0.4, 0.5) is 0 Å². The summed E-state index contributed by atoms with van der Waals surface area (Å²) in [5.74, 6) is 0.0230. The molecule has 0 bridgehead atoms. The zero-order chi connectivity index (χ0) is 12.7. The van der Waals surface area contributed by atoms with E-state index in [4.69, 9.17) is 16.3 Å². The van der Waals surface area contributed by atoms with Crippen LogP contribution < -0.4 is 5.73 Å². The Bertz CT molecular complexity index is 325. The van der Waals surface area contributed by atoms with Crippen LogP contribution in [0.25, 0.3) is 0 Å². The minimum Gasteiger partial charge on any atom is -0.330 e. The van der Waals surface area contributed by atoms with E-state index < -0.39 is 0 Å². The maximum absolute atomic E-state index is 12.2. The molecule has 0 spiro atoms. The molecule has 1 amide bonds. The zero-order valence-electron chi connectivity index (χ0n) is 9.93. The Morgan fingerprint density at radius 2 is 1.82 bits per heavy atom. The van der Waals surface area contributed by atoms with Gasteiger partial charge in [-0.2, -0.15) is 10.5 Å². The largest absolute Gasteiger partial charge is 0.330 e. The van der Waals surface area contributed by atoms with Crippen LogP contribution >= 0.6 is 0 Å². The fraction of sp³-hybridized carbons (Fsp3) is 0.750. The number of nitrogens with zero attached hydrogens (tertiary/aromatic N) is 3. The zero-order valence-corrected chi connectivity index (χ0v) is 9.93. The molecule has 2 unspecified atom stereocenters. The molecule has 1 aliphatic rings. The van der Waals surface area contributed by atoms with Gasteiger partial charge in [0.1, 0.15) is 13.1 Å². The van der Waals surface area contributed by atoms with Crippen LogP contribution in [0.3, 0.4) is 0 Å². The molecule has 92 valence electrons. The molecule has 1 rings (SSSR count). The van der Waals surface area contributed by atoms with E-state index in [1.54, 1.807) is 0 Å². The average molecular weight is 234 g/mol. The fourth-order valence-electron chi connectivity index (χ4n) is 2.43. The van der Waals surface area contributed by atoms with Crippen molar-refractivity contribution in [3.8, 4) is 12.1 Å². The number of carbonyl (C=O) groups is 1. The maximum Gasteiger partial charge on any atom is 0.227 e. The standard InChI is InChI=1S/C12H18N4O/c13-5-7-16(8-6-14)12(17)11-4-2-1-3-10(11)9-15/h10-11H,1-4,7-9,15H2. The summed E-state index contributed by atoms with van der Waals surface area (Å²) in [5, 5.41) is 17.3. The number of amides is 1. The van der Waals surface area contributed by atoms with Crippen molar-refractivity contribution in [1.29, 1.82) is 10.5 Å². The first-order chi connectivity index (χ1) is 8.24. The fourth-order valence-corrected chi connectivity index (χ4v) is 2.43. The van der Waals surface area contributed by atoms with Crippen LogP contribution in [0, 0.1) is 34.5 Å². The first kappa shape index (κ1) is 13.5. The van der Waals surface area contributed by atoms with Gasteiger partial charge in [0.25, 0.3) is 0 Å². The van der Waals surface area contributed by atoms with Gasteiger partial charge in [-0.1, -0.05) is 12.8 Å². The number of nitrogens with two attached hydrogens (primary N) is 1. The number of hydrogen-bond donors (Lipinski definition) is 1. The van der Waals surface area contributed by atoms with Gasteiger partial charge in [0.2, 0.25) is 5.91 Å². The molecule has 17 heavy (non-hydrogen) atoms. The quantitative estimate of drug-likeness (QED) is 0.722. The highest BCUT2D eigenvalue weighted by Crippen LogP contribution is 2.30. The van der Waals surface area contributed by atoms with Crippen molar-refractivity contribution in [3.05, 3.63) is 0 Å². The minimum absolute atomic E-state index is 0.0137. The van der Waals surface area contributed by atoms with E-state index in [0.29, 0.717) is 6.54 Å². The normalized spacial score (nSPS) is 23.5. The summed E-state index contributed by atoms with van der Waals surface area (Å²) >= 11 is 0. The van der Waals surface area contributed by atoms with Crippen molar-refractivity contribution in [2.24, 2.45) is 17.6 Å². The highest BCUT2D eigenvalue weighted by molar-refractivity contribution is 5.79. The highest BCUT2D eigenvalue weighted by Gasteiger charge is 2.32. The van der Waals surface area contributed by atoms with Gasteiger partial charge in [-0.05, 0) is 25.3 Å². The molecule has 0 radical (unpaired) electrons. The van der Waals surface area contributed by atoms with Crippen molar-refractivity contribution < 1.29 is 4.79 Å². The summed E-state index contributed by atoms with van der Waals surface area (Å²) in [4.78, 5) is 13.5. The lowest BCUT2D eigenvalue weighted by Crippen LogP contribution is -2.42. The van der Waals surface area contributed by atoms with Crippen molar-refractivity contribution in [2.75, 3.05) is 19.6 Å². The van der Waals surface area contributed by atoms with E-state index in [1.165, 1.54) is 4.90 Å². The van der Waals surface area contributed by atoms with E-state index in [0.717, 1.165) is 25.7 Å². The molecule has 1 aliphatic carbocycles. The average Bonchev–Trinajstić information content (AvgIpc) is 2.37. The second-order valence-electron chi connectivity index (χ2n) is 4.40. The van der Waals surface area contributed by atoms with Gasteiger partial charge in [-0.3, -0.25) is 4.79 Å². The molecule has 0 aromatic carbocycles. The first-order valence-electron chi connectivity index (χ1n) is 5.97. The van der Waals surface area contributed by atoms with E-state index in [1.807, 2.05) is 12.1 Å². The van der Waals surface area contributed by atoms with Gasteiger partial charge >= 0.3 is 0 Å². The van der Waals surface area contributed by atoms with Crippen LogP contribution in [0.5, 0.6) is 0 Å². The molecule has 0 heterocycles. The topological polar surface area (TPSA) is 93.9 Å². The first-order valence-corrected chi connectivity index (χ1v) is 5.97. The SMILES string of the molecule is N#CCN(CC#N)C(=O)C1CCCCC1CN. The summed E-state index contributed by atoms with van der Waals surface area (Å²) in [6.07, 6.45) is 3.94. The summed E-state index contributed by atoms with van der Waals surface area (Å²) in [7, 11) is 0. The van der Waals surface area contributed by atoms with Gasteiger partial charge < -0.3 is 10.6 Å². The number of hydrogen-bond acceptors (Lipinski definition) is 4. The van der Waals surface area contributed by atoms with Crippen LogP contribution in [0.2, 0.25) is 0 Å². The van der Waals surface area contributed by atoms with E-state index in [9.17, 15) is 4.79 Å². The predicted octanol–water partition coefficient (Wildman–Crippen LogP) is 0.627. The summed E-state index contributed by atoms with van der Waals surface area (Å²) < 4.78 is 0. The van der Waals surface area contributed by atoms with Crippen LogP contribution in [0.1, 0.15) is 25.7 Å². The summed E-state index contributed by atoms with van der Waals surface area (Å²) in [6.45, 7) is 0.476. The number of carbonyl (C=O) groups excluding carboxylic acids is 1. The van der Waals surface area contributed by atoms with Crippen LogP contribution in [-0.2, 0) is 4.79 Å². The number of nitriles is 2. The maximum atomic E-state index is 12.2. The Labute approximate surface area is 102 Å². The molecule has 0 aliphatic heterocycles. The van der Waals surface area contributed by atoms with Crippen LogP contribution in [-0.4, -0.2) is 30.4 Å². The molecule has 2 N–H and O–H groups in total. The second-order valence-corrected chi connectivity index (χ2v) is 4.40. The number of rotatable bonds is 4. The van der Waals surface area contributed by atoms with Crippen molar-refractivity contribution in [2.45, 2.75) is 25.7 Å². The second kappa shape index (κ2) is 6.88. The monoisotopic (exact) mass is 234 g/mol. The molecule has 1 saturated carbocycles. The van der Waals surface area contributed by atoms with Gasteiger partial charge in [-0.15, -0.1) is 0 Å². The lowest BCUT2D eigenvalue weighted by Gasteiger charge is -2.32. The van der Waals surface area contributed by atoms with Gasteiger partial charge in [0.15, 0.2) is 0 Å². The van der Waals surface area contributed by atoms with Crippen molar-refractivity contribution in [3.63, 3.8) is 0 Å². The smallest absolute Gasteiger partial charge is 0.227 e. The molecule has 0 aromatic heterocycles.